The molecule has 0 saturated carbocycles. The average Bonchev–Trinajstić information content (AvgIpc) is 2.92. The minimum absolute atomic E-state index is 0.351. The van der Waals surface area contributed by atoms with E-state index in [0.29, 0.717) is 11.6 Å². The zero-order valence-electron chi connectivity index (χ0n) is 13.9. The quantitative estimate of drug-likeness (QED) is 0.532. The fraction of sp³-hybridized carbons (Fsp3) is 0.222. The van der Waals surface area contributed by atoms with Crippen molar-refractivity contribution in [2.75, 3.05) is 0 Å². The van der Waals surface area contributed by atoms with Crippen LogP contribution in [0.1, 0.15) is 17.0 Å². The molecule has 0 aliphatic carbocycles. The first-order valence-electron chi connectivity index (χ1n) is 7.67. The molecular formula is C18H17Cl2N3OS. The third-order valence-corrected chi connectivity index (χ3v) is 5.24. The fourth-order valence-electron chi connectivity index (χ4n) is 2.29. The molecule has 3 aromatic rings. The highest BCUT2D eigenvalue weighted by molar-refractivity contribution is 7.98. The normalized spacial score (nSPS) is 10.9. The van der Waals surface area contributed by atoms with E-state index in [1.54, 1.807) is 11.8 Å². The second-order valence-electron chi connectivity index (χ2n) is 5.57. The predicted molar refractivity (Wildman–Crippen MR) is 103 cm³/mol. The van der Waals surface area contributed by atoms with Crippen LogP contribution in [0.15, 0.2) is 47.6 Å². The lowest BCUT2D eigenvalue weighted by atomic mass is 10.2. The Bertz CT molecular complexity index is 883. The van der Waals surface area contributed by atoms with Crippen LogP contribution in [0.4, 0.5) is 0 Å². The zero-order valence-corrected chi connectivity index (χ0v) is 16.2. The maximum atomic E-state index is 6.02. The molecule has 0 aliphatic heterocycles. The van der Waals surface area contributed by atoms with Gasteiger partial charge in [-0.25, -0.2) is 0 Å². The number of hydrogen-bond acceptors (Lipinski definition) is 4. The minimum Gasteiger partial charge on any atom is -0.485 e. The summed E-state index contributed by atoms with van der Waals surface area (Å²) in [7, 11) is 1.94. The van der Waals surface area contributed by atoms with Crippen molar-refractivity contribution < 1.29 is 4.74 Å². The summed E-state index contributed by atoms with van der Waals surface area (Å²) >= 11 is 13.6. The van der Waals surface area contributed by atoms with E-state index in [-0.39, 0.29) is 0 Å². The standard InChI is InChI=1S/C18H17Cl2N3OS/c1-12-8-15(20)6-7-16(12)24-10-17-21-22-18(23(17)2)25-11-13-4-3-5-14(19)9-13/h3-9H,10-11H2,1-2H3. The van der Waals surface area contributed by atoms with Gasteiger partial charge in [0.25, 0.3) is 0 Å². The number of aryl methyl sites for hydroxylation is 1. The Morgan fingerprint density at radius 1 is 1.08 bits per heavy atom. The van der Waals surface area contributed by atoms with Gasteiger partial charge in [0.1, 0.15) is 12.4 Å². The summed E-state index contributed by atoms with van der Waals surface area (Å²) < 4.78 is 7.79. The Morgan fingerprint density at radius 2 is 1.88 bits per heavy atom. The lowest BCUT2D eigenvalue weighted by Crippen LogP contribution is -2.05. The topological polar surface area (TPSA) is 39.9 Å². The molecule has 0 unspecified atom stereocenters. The van der Waals surface area contributed by atoms with Gasteiger partial charge in [-0.3, -0.25) is 0 Å². The van der Waals surface area contributed by atoms with Crippen LogP contribution in [0, 0.1) is 6.92 Å². The average molecular weight is 394 g/mol. The highest BCUT2D eigenvalue weighted by Gasteiger charge is 2.11. The molecule has 4 nitrogen and oxygen atoms in total. The summed E-state index contributed by atoms with van der Waals surface area (Å²) in [5.41, 5.74) is 2.14. The Hall–Kier alpha value is -1.69. The molecule has 0 radical (unpaired) electrons. The number of rotatable bonds is 6. The van der Waals surface area contributed by atoms with Gasteiger partial charge in [0, 0.05) is 22.8 Å². The van der Waals surface area contributed by atoms with E-state index < -0.39 is 0 Å². The molecule has 2 aromatic carbocycles. The third kappa shape index (κ3) is 4.69. The molecule has 0 aliphatic rings. The molecule has 0 amide bonds. The summed E-state index contributed by atoms with van der Waals surface area (Å²) in [5, 5.41) is 10.7. The zero-order chi connectivity index (χ0) is 17.8. The molecule has 1 aromatic heterocycles. The largest absolute Gasteiger partial charge is 0.485 e. The molecule has 0 N–H and O–H groups in total. The number of benzene rings is 2. The SMILES string of the molecule is Cc1cc(Cl)ccc1OCc1nnc(SCc2cccc(Cl)c2)n1C. The molecule has 0 atom stereocenters. The smallest absolute Gasteiger partial charge is 0.191 e. The van der Waals surface area contributed by atoms with E-state index in [4.69, 9.17) is 27.9 Å². The van der Waals surface area contributed by atoms with Crippen molar-refractivity contribution in [3.8, 4) is 5.75 Å². The molecule has 0 saturated heterocycles. The second kappa shape index (κ2) is 8.13. The molecule has 0 fully saturated rings. The fourth-order valence-corrected chi connectivity index (χ4v) is 3.60. The Morgan fingerprint density at radius 3 is 2.64 bits per heavy atom. The van der Waals surface area contributed by atoms with Crippen LogP contribution in [0.5, 0.6) is 5.75 Å². The van der Waals surface area contributed by atoms with Crippen molar-refractivity contribution >= 4 is 35.0 Å². The molecule has 1 heterocycles. The van der Waals surface area contributed by atoms with Crippen molar-refractivity contribution in [2.24, 2.45) is 7.05 Å². The summed E-state index contributed by atoms with van der Waals surface area (Å²) in [6.45, 7) is 2.31. The van der Waals surface area contributed by atoms with Crippen molar-refractivity contribution in [1.82, 2.24) is 14.8 Å². The van der Waals surface area contributed by atoms with Crippen molar-refractivity contribution in [3.63, 3.8) is 0 Å². The van der Waals surface area contributed by atoms with Gasteiger partial charge in [0.2, 0.25) is 0 Å². The highest BCUT2D eigenvalue weighted by Crippen LogP contribution is 2.25. The molecule has 3 rings (SSSR count). The third-order valence-electron chi connectivity index (χ3n) is 3.68. The number of nitrogens with zero attached hydrogens (tertiary/aromatic N) is 3. The van der Waals surface area contributed by atoms with E-state index >= 15 is 0 Å². The van der Waals surface area contributed by atoms with Crippen LogP contribution in [0.2, 0.25) is 10.0 Å². The van der Waals surface area contributed by atoms with E-state index in [0.717, 1.165) is 38.6 Å². The van der Waals surface area contributed by atoms with E-state index in [2.05, 4.69) is 10.2 Å². The molecule has 0 bridgehead atoms. The van der Waals surface area contributed by atoms with Crippen molar-refractivity contribution in [3.05, 3.63) is 69.5 Å². The lowest BCUT2D eigenvalue weighted by Gasteiger charge is -2.09. The first-order valence-corrected chi connectivity index (χ1v) is 9.41. The molecular weight excluding hydrogens is 377 g/mol. The molecule has 130 valence electrons. The first-order chi connectivity index (χ1) is 12.0. The summed E-state index contributed by atoms with van der Waals surface area (Å²) in [6, 6.07) is 13.4. The number of halogens is 2. The van der Waals surface area contributed by atoms with Gasteiger partial charge >= 0.3 is 0 Å². The van der Waals surface area contributed by atoms with Crippen LogP contribution in [-0.2, 0) is 19.4 Å². The second-order valence-corrected chi connectivity index (χ2v) is 7.39. The van der Waals surface area contributed by atoms with Gasteiger partial charge in [-0.15, -0.1) is 10.2 Å². The summed E-state index contributed by atoms with van der Waals surface area (Å²) in [6.07, 6.45) is 0. The summed E-state index contributed by atoms with van der Waals surface area (Å²) in [4.78, 5) is 0. The Kier molecular flexibility index (Phi) is 5.89. The Labute approximate surface area is 161 Å². The number of thioether (sulfide) groups is 1. The van der Waals surface area contributed by atoms with E-state index in [9.17, 15) is 0 Å². The number of aromatic nitrogens is 3. The van der Waals surface area contributed by atoms with Crippen molar-refractivity contribution in [1.29, 1.82) is 0 Å². The molecule has 25 heavy (non-hydrogen) atoms. The van der Waals surface area contributed by atoms with Crippen LogP contribution in [-0.4, -0.2) is 14.8 Å². The van der Waals surface area contributed by atoms with Gasteiger partial charge in [0.05, 0.1) is 0 Å². The van der Waals surface area contributed by atoms with Crippen molar-refractivity contribution in [2.45, 2.75) is 24.4 Å². The monoisotopic (exact) mass is 393 g/mol. The number of hydrogen-bond donors (Lipinski definition) is 0. The van der Waals surface area contributed by atoms with Gasteiger partial charge in [0.15, 0.2) is 11.0 Å². The molecule has 7 heteroatoms. The minimum atomic E-state index is 0.351. The van der Waals surface area contributed by atoms with Gasteiger partial charge in [-0.1, -0.05) is 47.1 Å². The van der Waals surface area contributed by atoms with Gasteiger partial charge in [-0.05, 0) is 48.4 Å². The van der Waals surface area contributed by atoms with E-state index in [1.807, 2.05) is 61.0 Å². The number of ether oxygens (including phenoxy) is 1. The lowest BCUT2D eigenvalue weighted by molar-refractivity contribution is 0.288. The summed E-state index contributed by atoms with van der Waals surface area (Å²) in [5.74, 6) is 2.34. The predicted octanol–water partition coefficient (Wildman–Crippen LogP) is 5.30. The maximum Gasteiger partial charge on any atom is 0.191 e. The first kappa shape index (κ1) is 18.1. The van der Waals surface area contributed by atoms with E-state index in [1.165, 1.54) is 0 Å². The highest BCUT2D eigenvalue weighted by atomic mass is 35.5. The van der Waals surface area contributed by atoms with Gasteiger partial charge in [-0.2, -0.15) is 0 Å². The van der Waals surface area contributed by atoms with Crippen LogP contribution >= 0.6 is 35.0 Å². The van der Waals surface area contributed by atoms with Crippen LogP contribution < -0.4 is 4.74 Å². The van der Waals surface area contributed by atoms with Crippen LogP contribution in [0.3, 0.4) is 0 Å². The van der Waals surface area contributed by atoms with Gasteiger partial charge < -0.3 is 9.30 Å². The maximum absolute atomic E-state index is 6.02. The molecule has 0 spiro atoms. The Balaban J connectivity index is 1.62. The van der Waals surface area contributed by atoms with Crippen LogP contribution in [0.25, 0.3) is 0 Å².